The quantitative estimate of drug-likeness (QED) is 0.0461. The van der Waals surface area contributed by atoms with Gasteiger partial charge in [-0.15, -0.1) is 0 Å². The van der Waals surface area contributed by atoms with Gasteiger partial charge in [-0.1, -0.05) is 61.3 Å². The maximum Gasteiger partial charge on any atom is 0.302 e. The molecule has 21 heteroatoms. The van der Waals surface area contributed by atoms with Crippen molar-refractivity contribution in [2.45, 2.75) is 192 Å². The third-order valence-corrected chi connectivity index (χ3v) is 27.2. The highest BCUT2D eigenvalue weighted by Gasteiger charge is 2.63. The van der Waals surface area contributed by atoms with Gasteiger partial charge in [-0.05, 0) is 203 Å². The molecule has 3 heterocycles. The van der Waals surface area contributed by atoms with Gasteiger partial charge < -0.3 is 39.4 Å². The smallest absolute Gasteiger partial charge is 0.302 e. The Morgan fingerprint density at radius 2 is 0.906 bits per heavy atom. The van der Waals surface area contributed by atoms with E-state index in [-0.39, 0.29) is 179 Å². The SMILES string of the molecule is C=C1C(=O)C[C@H]2[C@H](COC(C)=O)[C@@H]([C@@]3(C)Cc4cnn(C(C)=O)c4C[C@@H]3COC(C)=O)CC[C@]12C.C=C1C(O)C[C@H]2[C@H](COC(C)=O)[C@@H]([C@@]3(C)Cc4cnn(C(C)=O)c4C[C@@H]3COC(C)=O)CC[C@]12C.C=C1[C@@H](O)C[C@H]2[C@H](CO)[C@@H]([C@@]3(C)Cc4cn[nH]c4C[C@@H]3CO)CC[C@]12C. The summed E-state index contributed by atoms with van der Waals surface area (Å²) in [5, 5.41) is 57.6. The topological polar surface area (TPSA) is 302 Å². The molecule has 6 fully saturated rings. The molecule has 9 aliphatic carbocycles. The van der Waals surface area contributed by atoms with Crippen molar-refractivity contribution in [2.75, 3.05) is 39.6 Å². The lowest BCUT2D eigenvalue weighted by Gasteiger charge is -2.55. The summed E-state index contributed by atoms with van der Waals surface area (Å²) in [6.07, 6.45) is 15.8. The molecule has 0 aliphatic heterocycles. The van der Waals surface area contributed by atoms with E-state index in [4.69, 9.17) is 18.9 Å². The standard InChI is InChI=1S/C27H38N2O6.C27H36N2O6.C21H32N2O3/c2*1-15-25(33)10-23-21(14-35-18(4)32)22(7-8-26(15,23)5)27(6)11-19-12-28-29(16(2)30)24(19)9-20(27)13-34-17(3)31;1-12-19(26)7-17-15(11-25)16(4-5-20(12,17)2)21(3)8-13-9-22-23-18(13)6-14(21)10-24/h12,20-23,25,33H,1,7-11,13-14H2,2-6H3;12,20-23H,1,7-11,13-14H2,2-6H3;9,14-17,19,24-26H,1,4-8,10-11H2,2-3H3,(H,22,23)/t20-,21-,22+,23+,25?,26-,27+;20-,21-,22+,23+,26-,27+;14-,15-,16+,17+,19+,20-,21+/m111/s1. The Morgan fingerprint density at radius 1 is 0.510 bits per heavy atom. The summed E-state index contributed by atoms with van der Waals surface area (Å²) in [7, 11) is 0. The van der Waals surface area contributed by atoms with E-state index < -0.39 is 12.2 Å². The van der Waals surface area contributed by atoms with E-state index in [1.165, 1.54) is 56.5 Å². The summed E-state index contributed by atoms with van der Waals surface area (Å²) in [6, 6.07) is 0. The number of H-pyrrole nitrogens is 1. The number of carbonyl (C=O) groups excluding carboxylic acids is 7. The molecule has 1 unspecified atom stereocenters. The van der Waals surface area contributed by atoms with Crippen molar-refractivity contribution >= 4 is 41.5 Å². The lowest BCUT2D eigenvalue weighted by molar-refractivity contribution is -0.152. The van der Waals surface area contributed by atoms with Gasteiger partial charge in [0.2, 0.25) is 11.8 Å². The van der Waals surface area contributed by atoms with Crippen LogP contribution in [0, 0.1) is 104 Å². The van der Waals surface area contributed by atoms with Crippen LogP contribution in [-0.2, 0) is 81.4 Å². The minimum absolute atomic E-state index is 0.0285. The van der Waals surface area contributed by atoms with Crippen LogP contribution in [-0.4, -0.2) is 144 Å². The van der Waals surface area contributed by atoms with E-state index in [0.29, 0.717) is 56.4 Å². The molecule has 9 aliphatic rings. The number of rotatable bonds is 13. The highest BCUT2D eigenvalue weighted by molar-refractivity contribution is 5.99. The third-order valence-electron chi connectivity index (χ3n) is 27.2. The van der Waals surface area contributed by atoms with E-state index in [2.05, 4.69) is 81.7 Å². The van der Waals surface area contributed by atoms with Crippen molar-refractivity contribution in [1.82, 2.24) is 29.8 Å². The summed E-state index contributed by atoms with van der Waals surface area (Å²) in [6.45, 7) is 35.8. The zero-order valence-electron chi connectivity index (χ0n) is 58.8. The molecule has 21 nitrogen and oxygen atoms in total. The van der Waals surface area contributed by atoms with Crippen molar-refractivity contribution in [3.8, 4) is 0 Å². The number of aromatic nitrogens is 6. The first-order valence-corrected chi connectivity index (χ1v) is 35.0. The Morgan fingerprint density at radius 3 is 1.33 bits per heavy atom. The van der Waals surface area contributed by atoms with Crippen molar-refractivity contribution < 1.29 is 72.9 Å². The molecule has 0 bridgehead atoms. The van der Waals surface area contributed by atoms with Crippen LogP contribution < -0.4 is 0 Å². The molecule has 12 rings (SSSR count). The molecule has 0 amide bonds. The van der Waals surface area contributed by atoms with E-state index in [1.54, 1.807) is 12.4 Å². The van der Waals surface area contributed by atoms with Gasteiger partial charge >= 0.3 is 23.9 Å². The number of ether oxygens (including phenoxy) is 4. The number of aromatic amines is 1. The molecular weight excluding hydrogens is 1220 g/mol. The zero-order valence-corrected chi connectivity index (χ0v) is 58.8. The van der Waals surface area contributed by atoms with Crippen molar-refractivity contribution in [2.24, 2.45) is 104 Å². The maximum absolute atomic E-state index is 12.8. The first kappa shape index (κ1) is 72.3. The van der Waals surface area contributed by atoms with Gasteiger partial charge in [0.05, 0.1) is 68.6 Å². The van der Waals surface area contributed by atoms with Gasteiger partial charge in [-0.2, -0.15) is 15.3 Å². The molecule has 0 aromatic carbocycles. The summed E-state index contributed by atoms with van der Waals surface area (Å²) >= 11 is 0. The number of aliphatic hydroxyl groups is 4. The zero-order chi connectivity index (χ0) is 70.1. The van der Waals surface area contributed by atoms with Crippen LogP contribution in [0.3, 0.4) is 0 Å². The molecule has 0 radical (unpaired) electrons. The number of fused-ring (bicyclic) bond motifs is 6. The molecule has 526 valence electrons. The van der Waals surface area contributed by atoms with E-state index in [1.807, 2.05) is 6.20 Å². The van der Waals surface area contributed by atoms with Crippen molar-refractivity contribution in [1.29, 1.82) is 0 Å². The fourth-order valence-corrected chi connectivity index (χ4v) is 21.4. The van der Waals surface area contributed by atoms with Crippen LogP contribution >= 0.6 is 0 Å². The maximum atomic E-state index is 12.8. The predicted octanol–water partition coefficient (Wildman–Crippen LogP) is 9.01. The fraction of sp³-hybridized carbons (Fsp3) is 0.707. The number of ketones is 1. The first-order chi connectivity index (χ1) is 45.1. The second kappa shape index (κ2) is 27.4. The minimum Gasteiger partial charge on any atom is -0.466 e. The fourth-order valence-electron chi connectivity index (χ4n) is 21.4. The normalized spacial score (nSPS) is 38.0. The number of Topliss-reactive ketones (excluding diaryl/α,β-unsaturated/α-hetero) is 1. The molecule has 3 aromatic heterocycles. The van der Waals surface area contributed by atoms with E-state index in [9.17, 15) is 54.0 Å². The molecule has 0 saturated heterocycles. The van der Waals surface area contributed by atoms with Crippen molar-refractivity contribution in [3.05, 3.63) is 88.8 Å². The highest BCUT2D eigenvalue weighted by Crippen LogP contribution is 2.66. The number of esters is 4. The number of allylic oxidation sites excluding steroid dienone is 1. The highest BCUT2D eigenvalue weighted by atomic mass is 16.5. The molecule has 96 heavy (non-hydrogen) atoms. The van der Waals surface area contributed by atoms with Gasteiger partial charge in [0, 0.05) is 90.5 Å². The lowest BCUT2D eigenvalue weighted by Crippen LogP contribution is -2.53. The molecule has 3 aromatic rings. The van der Waals surface area contributed by atoms with Gasteiger partial charge in [-0.3, -0.25) is 38.7 Å². The number of hydrogen-bond donors (Lipinski definition) is 5. The second-order valence-corrected chi connectivity index (χ2v) is 32.0. The van der Waals surface area contributed by atoms with Gasteiger partial charge in [0.1, 0.15) is 0 Å². The van der Waals surface area contributed by atoms with Crippen LogP contribution in [0.15, 0.2) is 55.0 Å². The molecular formula is C75H106N6O15. The first-order valence-electron chi connectivity index (χ1n) is 35.0. The second-order valence-electron chi connectivity index (χ2n) is 32.0. The monoisotopic (exact) mass is 1330 g/mol. The Bertz CT molecular complexity index is 3550. The Hall–Kier alpha value is -6.42. The van der Waals surface area contributed by atoms with Crippen LogP contribution in [0.2, 0.25) is 0 Å². The number of nitrogens with zero attached hydrogens (tertiary/aromatic N) is 5. The predicted molar refractivity (Wildman–Crippen MR) is 355 cm³/mol. The number of nitrogens with one attached hydrogen (secondary N) is 1. The molecule has 0 spiro atoms. The summed E-state index contributed by atoms with van der Waals surface area (Å²) in [4.78, 5) is 84.3. The molecule has 20 atom stereocenters. The van der Waals surface area contributed by atoms with E-state index >= 15 is 0 Å². The molecule has 6 saturated carbocycles. The van der Waals surface area contributed by atoms with Gasteiger partial charge in [0.15, 0.2) is 5.78 Å². The van der Waals surface area contributed by atoms with Crippen LogP contribution in [0.4, 0.5) is 0 Å². The Kier molecular flexibility index (Phi) is 20.6. The van der Waals surface area contributed by atoms with E-state index in [0.717, 1.165) is 90.7 Å². The minimum atomic E-state index is -0.556. The Labute approximate surface area is 565 Å². The Balaban J connectivity index is 0.000000158. The summed E-state index contributed by atoms with van der Waals surface area (Å²) in [5.74, 6) is -0.279. The largest absolute Gasteiger partial charge is 0.466 e. The van der Waals surface area contributed by atoms with Crippen molar-refractivity contribution in [3.63, 3.8) is 0 Å². The number of carbonyl (C=O) groups is 7. The molecule has 5 N–H and O–H groups in total. The number of aliphatic hydroxyl groups excluding tert-OH is 4. The van der Waals surface area contributed by atoms with Gasteiger partial charge in [-0.25, -0.2) is 9.36 Å². The van der Waals surface area contributed by atoms with Crippen LogP contribution in [0.5, 0.6) is 0 Å². The summed E-state index contributed by atoms with van der Waals surface area (Å²) in [5.41, 5.74) is 7.46. The number of hydrogen-bond acceptors (Lipinski definition) is 18. The average Bonchev–Trinajstić information content (AvgIpc) is 1.41. The lowest BCUT2D eigenvalue weighted by atomic mass is 9.49. The average molecular weight is 1330 g/mol. The van der Waals surface area contributed by atoms with Crippen LogP contribution in [0.25, 0.3) is 0 Å². The van der Waals surface area contributed by atoms with Gasteiger partial charge in [0.25, 0.3) is 0 Å². The van der Waals surface area contributed by atoms with Crippen LogP contribution in [0.1, 0.15) is 184 Å². The summed E-state index contributed by atoms with van der Waals surface area (Å²) < 4.78 is 25.2. The third kappa shape index (κ3) is 12.8.